The summed E-state index contributed by atoms with van der Waals surface area (Å²) < 4.78 is 5.80. The van der Waals surface area contributed by atoms with E-state index in [2.05, 4.69) is 20.5 Å². The first-order valence-electron chi connectivity index (χ1n) is 7.54. The van der Waals surface area contributed by atoms with Crippen LogP contribution in [-0.4, -0.2) is 61.2 Å². The summed E-state index contributed by atoms with van der Waals surface area (Å²) in [5, 5.41) is 5.89. The average Bonchev–Trinajstić information content (AvgIpc) is 3.38. The normalized spacial score (nSPS) is 22.8. The van der Waals surface area contributed by atoms with Gasteiger partial charge in [-0.2, -0.15) is 0 Å². The number of carbonyl (C=O) groups is 1. The third-order valence-electron chi connectivity index (χ3n) is 4.01. The molecule has 2 heterocycles. The molecule has 21 heavy (non-hydrogen) atoms. The molecule has 0 bridgehead atoms. The number of morpholine rings is 1. The molecular weight excluding hydrogens is 268 g/mol. The van der Waals surface area contributed by atoms with Gasteiger partial charge in [-0.3, -0.25) is 9.69 Å². The molecule has 1 aromatic heterocycles. The molecule has 1 aromatic rings. The van der Waals surface area contributed by atoms with E-state index < -0.39 is 0 Å². The quantitative estimate of drug-likeness (QED) is 0.836. The third-order valence-corrected chi connectivity index (χ3v) is 4.01. The van der Waals surface area contributed by atoms with Crippen LogP contribution in [0.2, 0.25) is 0 Å². The first kappa shape index (κ1) is 14.3. The van der Waals surface area contributed by atoms with Crippen molar-refractivity contribution in [2.24, 2.45) is 0 Å². The minimum atomic E-state index is -0.130. The summed E-state index contributed by atoms with van der Waals surface area (Å²) in [5.41, 5.74) is 0.565. The largest absolute Gasteiger partial charge is 0.374 e. The van der Waals surface area contributed by atoms with Crippen molar-refractivity contribution < 1.29 is 9.53 Å². The maximum Gasteiger partial charge on any atom is 0.254 e. The lowest BCUT2D eigenvalue weighted by Crippen LogP contribution is -2.46. The smallest absolute Gasteiger partial charge is 0.254 e. The van der Waals surface area contributed by atoms with Crippen LogP contribution in [0.5, 0.6) is 0 Å². The number of ether oxygens (including phenoxy) is 1. The Morgan fingerprint density at radius 3 is 3.14 bits per heavy atom. The van der Waals surface area contributed by atoms with Gasteiger partial charge in [-0.1, -0.05) is 0 Å². The van der Waals surface area contributed by atoms with Crippen LogP contribution in [0.4, 0.5) is 5.82 Å². The first-order valence-corrected chi connectivity index (χ1v) is 7.54. The van der Waals surface area contributed by atoms with Crippen LogP contribution in [0.3, 0.4) is 0 Å². The number of nitrogens with one attached hydrogen (secondary N) is 2. The van der Waals surface area contributed by atoms with Crippen LogP contribution in [-0.2, 0) is 4.74 Å². The Kier molecular flexibility index (Phi) is 4.36. The van der Waals surface area contributed by atoms with Gasteiger partial charge < -0.3 is 15.4 Å². The van der Waals surface area contributed by atoms with E-state index in [1.165, 1.54) is 12.8 Å². The summed E-state index contributed by atoms with van der Waals surface area (Å²) in [5.74, 6) is 0.485. The predicted octanol–water partition coefficient (Wildman–Crippen LogP) is 0.716. The highest BCUT2D eigenvalue weighted by molar-refractivity contribution is 5.98. The fourth-order valence-corrected chi connectivity index (χ4v) is 2.71. The number of rotatable bonds is 5. The zero-order valence-electron chi connectivity index (χ0n) is 12.3. The van der Waals surface area contributed by atoms with Gasteiger partial charge in [0, 0.05) is 38.9 Å². The Bertz CT molecular complexity index is 504. The van der Waals surface area contributed by atoms with Crippen LogP contribution in [0.1, 0.15) is 23.2 Å². The molecule has 1 aliphatic carbocycles. The molecule has 1 atom stereocenters. The van der Waals surface area contributed by atoms with Crippen LogP contribution >= 0.6 is 0 Å². The lowest BCUT2D eigenvalue weighted by molar-refractivity contribution is -0.0241. The van der Waals surface area contributed by atoms with E-state index in [0.717, 1.165) is 25.7 Å². The highest BCUT2D eigenvalue weighted by Crippen LogP contribution is 2.28. The fourth-order valence-electron chi connectivity index (χ4n) is 2.71. The molecule has 2 N–H and O–H groups in total. The van der Waals surface area contributed by atoms with Crippen LogP contribution < -0.4 is 10.6 Å². The van der Waals surface area contributed by atoms with Gasteiger partial charge in [-0.15, -0.1) is 0 Å². The monoisotopic (exact) mass is 290 g/mol. The fraction of sp³-hybridized carbons (Fsp3) is 0.600. The summed E-state index contributed by atoms with van der Waals surface area (Å²) in [6, 6.07) is 4.31. The lowest BCUT2D eigenvalue weighted by atomic mass is 10.2. The third kappa shape index (κ3) is 3.51. The van der Waals surface area contributed by atoms with E-state index in [1.54, 1.807) is 25.4 Å². The summed E-state index contributed by atoms with van der Waals surface area (Å²) >= 11 is 0. The number of hydrogen-bond acceptors (Lipinski definition) is 5. The van der Waals surface area contributed by atoms with Gasteiger partial charge in [-0.25, -0.2) is 4.98 Å². The predicted molar refractivity (Wildman–Crippen MR) is 80.5 cm³/mol. The van der Waals surface area contributed by atoms with Gasteiger partial charge in [-0.05, 0) is 25.0 Å². The molecule has 0 aromatic carbocycles. The van der Waals surface area contributed by atoms with Crippen molar-refractivity contribution in [2.45, 2.75) is 25.0 Å². The van der Waals surface area contributed by atoms with Crippen molar-refractivity contribution in [1.82, 2.24) is 15.2 Å². The molecule has 114 valence electrons. The number of carbonyl (C=O) groups excluding carboxylic acids is 1. The molecule has 1 amide bonds. The van der Waals surface area contributed by atoms with Gasteiger partial charge in [0.2, 0.25) is 0 Å². The summed E-state index contributed by atoms with van der Waals surface area (Å²) in [7, 11) is 1.62. The van der Waals surface area contributed by atoms with Crippen molar-refractivity contribution >= 4 is 11.7 Å². The molecule has 2 aliphatic rings. The van der Waals surface area contributed by atoms with Crippen molar-refractivity contribution in [3.05, 3.63) is 23.9 Å². The van der Waals surface area contributed by atoms with Gasteiger partial charge in [0.1, 0.15) is 5.82 Å². The Hall–Kier alpha value is -1.66. The van der Waals surface area contributed by atoms with Crippen LogP contribution in [0.15, 0.2) is 18.3 Å². The minimum Gasteiger partial charge on any atom is -0.374 e. The second-order valence-electron chi connectivity index (χ2n) is 5.58. The molecular formula is C15H22N4O2. The molecule has 0 spiro atoms. The number of hydrogen-bond donors (Lipinski definition) is 2. The van der Waals surface area contributed by atoms with Crippen molar-refractivity contribution in [3.63, 3.8) is 0 Å². The van der Waals surface area contributed by atoms with E-state index in [9.17, 15) is 4.79 Å². The number of nitrogens with zero attached hydrogens (tertiary/aromatic N) is 2. The van der Waals surface area contributed by atoms with E-state index in [-0.39, 0.29) is 12.0 Å². The molecule has 1 saturated heterocycles. The maximum absolute atomic E-state index is 11.8. The Morgan fingerprint density at radius 2 is 2.38 bits per heavy atom. The van der Waals surface area contributed by atoms with E-state index >= 15 is 0 Å². The summed E-state index contributed by atoms with van der Waals surface area (Å²) in [4.78, 5) is 18.6. The molecule has 0 radical (unpaired) electrons. The number of aromatic nitrogens is 1. The summed E-state index contributed by atoms with van der Waals surface area (Å²) in [6.07, 6.45) is 4.48. The zero-order chi connectivity index (χ0) is 14.7. The average molecular weight is 290 g/mol. The molecule has 6 heteroatoms. The number of anilines is 1. The Labute approximate surface area is 124 Å². The SMILES string of the molecule is CNC(=O)c1cccnc1NCC1CN(C2CC2)CCO1. The maximum atomic E-state index is 11.8. The highest BCUT2D eigenvalue weighted by atomic mass is 16.5. The van der Waals surface area contributed by atoms with Crippen LogP contribution in [0.25, 0.3) is 0 Å². The van der Waals surface area contributed by atoms with E-state index in [1.807, 2.05) is 0 Å². The van der Waals surface area contributed by atoms with Gasteiger partial charge in [0.15, 0.2) is 0 Å². The van der Waals surface area contributed by atoms with Crippen LogP contribution in [0, 0.1) is 0 Å². The standard InChI is InChI=1S/C15H22N4O2/c1-16-15(20)13-3-2-6-17-14(13)18-9-12-10-19(7-8-21-12)11-4-5-11/h2-3,6,11-12H,4-5,7-10H2,1H3,(H,16,20)(H,17,18). The molecule has 6 nitrogen and oxygen atoms in total. The second kappa shape index (κ2) is 6.41. The highest BCUT2D eigenvalue weighted by Gasteiger charge is 2.32. The van der Waals surface area contributed by atoms with Gasteiger partial charge >= 0.3 is 0 Å². The Balaban J connectivity index is 1.58. The van der Waals surface area contributed by atoms with Crippen molar-refractivity contribution in [3.8, 4) is 0 Å². The van der Waals surface area contributed by atoms with Crippen molar-refractivity contribution in [2.75, 3.05) is 38.6 Å². The van der Waals surface area contributed by atoms with Gasteiger partial charge in [0.25, 0.3) is 5.91 Å². The summed E-state index contributed by atoms with van der Waals surface area (Å²) in [6.45, 7) is 3.45. The zero-order valence-corrected chi connectivity index (χ0v) is 12.3. The van der Waals surface area contributed by atoms with E-state index in [0.29, 0.717) is 17.9 Å². The van der Waals surface area contributed by atoms with Crippen molar-refractivity contribution in [1.29, 1.82) is 0 Å². The van der Waals surface area contributed by atoms with E-state index in [4.69, 9.17) is 4.74 Å². The lowest BCUT2D eigenvalue weighted by Gasteiger charge is -2.33. The number of amides is 1. The first-order chi connectivity index (χ1) is 10.3. The Morgan fingerprint density at radius 1 is 1.52 bits per heavy atom. The molecule has 1 aliphatic heterocycles. The molecule has 1 unspecified atom stereocenters. The molecule has 2 fully saturated rings. The topological polar surface area (TPSA) is 66.5 Å². The second-order valence-corrected chi connectivity index (χ2v) is 5.58. The minimum absolute atomic E-state index is 0.130. The number of pyridine rings is 1. The molecule has 3 rings (SSSR count). The van der Waals surface area contributed by atoms with Gasteiger partial charge in [0.05, 0.1) is 18.3 Å². The molecule has 1 saturated carbocycles.